The number of nitrogens with zero attached hydrogens (tertiary/aromatic N) is 3. The largest absolute Gasteiger partial charge is 0.347 e. The predicted octanol–water partition coefficient (Wildman–Crippen LogP) is 2.47. The number of aryl methyl sites for hydroxylation is 2. The van der Waals surface area contributed by atoms with Crippen molar-refractivity contribution in [3.05, 3.63) is 88.5 Å². The van der Waals surface area contributed by atoms with Crippen LogP contribution in [0.4, 0.5) is 0 Å². The molecule has 1 aromatic heterocycles. The molecule has 2 aliphatic heterocycles. The van der Waals surface area contributed by atoms with Crippen LogP contribution in [0.3, 0.4) is 0 Å². The molecule has 0 saturated carbocycles. The van der Waals surface area contributed by atoms with E-state index >= 15 is 0 Å². The van der Waals surface area contributed by atoms with Crippen molar-refractivity contribution < 1.29 is 38.4 Å². The summed E-state index contributed by atoms with van der Waals surface area (Å²) in [6.07, 6.45) is 6.21. The molecule has 8 amide bonds. The lowest BCUT2D eigenvalue weighted by Gasteiger charge is -2.36. The zero-order valence-corrected chi connectivity index (χ0v) is 45.1. The van der Waals surface area contributed by atoms with E-state index < -0.39 is 106 Å². The summed E-state index contributed by atoms with van der Waals surface area (Å²) in [5.41, 5.74) is 2.36. The van der Waals surface area contributed by atoms with Crippen LogP contribution in [-0.2, 0) is 41.6 Å². The molecule has 2 aliphatic carbocycles. The summed E-state index contributed by atoms with van der Waals surface area (Å²) in [6.45, 7) is 14.2. The number of likely N-dealkylation sites (tertiary alicyclic amines) is 2. The number of hydrogen-bond acceptors (Lipinski definition) is 11. The fourth-order valence-electron chi connectivity index (χ4n) is 10.8. The lowest BCUT2D eigenvalue weighted by Crippen LogP contribution is -2.59. The monoisotopic (exact) mass is 1030 g/mol. The van der Waals surface area contributed by atoms with Gasteiger partial charge in [0.1, 0.15) is 29.9 Å². The van der Waals surface area contributed by atoms with Gasteiger partial charge >= 0.3 is 0 Å². The highest BCUT2D eigenvalue weighted by Gasteiger charge is 2.48. The van der Waals surface area contributed by atoms with E-state index in [0.29, 0.717) is 12.8 Å². The van der Waals surface area contributed by atoms with Crippen molar-refractivity contribution in [2.75, 3.05) is 27.2 Å². The molecule has 0 spiro atoms. The number of amides is 8. The molecule has 2 aromatic carbocycles. The summed E-state index contributed by atoms with van der Waals surface area (Å²) < 4.78 is 0. The second kappa shape index (κ2) is 23.5. The van der Waals surface area contributed by atoms with Crippen LogP contribution < -0.4 is 42.5 Å². The van der Waals surface area contributed by atoms with E-state index in [2.05, 4.69) is 52.5 Å². The molecule has 7 rings (SSSR count). The number of aromatic amines is 1. The zero-order valence-electron chi connectivity index (χ0n) is 45.1. The molecule has 4 aliphatic rings. The molecule has 20 nitrogen and oxygen atoms in total. The van der Waals surface area contributed by atoms with Gasteiger partial charge in [0.25, 0.3) is 11.8 Å². The van der Waals surface area contributed by atoms with Crippen molar-refractivity contribution in [3.63, 3.8) is 0 Å². The molecule has 0 bridgehead atoms. The second-order valence-electron chi connectivity index (χ2n) is 22.9. The van der Waals surface area contributed by atoms with E-state index in [0.717, 1.165) is 47.9 Å². The molecule has 2 fully saturated rings. The maximum Gasteiger partial charge on any atom is 0.272 e. The molecule has 9 N–H and O–H groups in total. The minimum atomic E-state index is -1.03. The smallest absolute Gasteiger partial charge is 0.272 e. The summed E-state index contributed by atoms with van der Waals surface area (Å²) in [7, 11) is 3.28. The maximum absolute atomic E-state index is 14.7. The van der Waals surface area contributed by atoms with Gasteiger partial charge in [0, 0.05) is 25.2 Å². The SMILES string of the molecule is CN[C@@H](C)C(=O)N[C@@H](C(=O)N1C[C@@H](NC(=O)c2nc[nH]c2C(=O)N[C@H]2C[C@@H](C(=O)N[C@@H]3CCCc4ccccc43)N(C(=O)[C@H](NC(=O)[C@H](C)NC)C(C)(C)C)C2)CC1C(=O)N[C@@H]1CCCc2ccccc21)C(C)(C)C. The average Bonchev–Trinajstić information content (AvgIpc) is 4.16. The average molecular weight is 1040 g/mol. The Morgan fingerprint density at radius 1 is 0.600 bits per heavy atom. The number of rotatable bonds is 16. The van der Waals surface area contributed by atoms with Gasteiger partial charge in [-0.3, -0.25) is 38.4 Å². The molecule has 20 heteroatoms. The molecule has 1 unspecified atom stereocenters. The van der Waals surface area contributed by atoms with E-state index in [4.69, 9.17) is 0 Å². The van der Waals surface area contributed by atoms with Crippen LogP contribution in [0, 0.1) is 10.8 Å². The number of carbonyl (C=O) groups excluding carboxylic acids is 8. The fourth-order valence-corrected chi connectivity index (χ4v) is 10.8. The van der Waals surface area contributed by atoms with Gasteiger partial charge in [-0.1, -0.05) is 90.1 Å². The fraction of sp³-hybridized carbons (Fsp3) is 0.582. The van der Waals surface area contributed by atoms with Crippen LogP contribution in [0.25, 0.3) is 0 Å². The zero-order chi connectivity index (χ0) is 54.5. The minimum absolute atomic E-state index is 0.0348. The van der Waals surface area contributed by atoms with Crippen molar-refractivity contribution in [2.24, 2.45) is 10.8 Å². The first-order valence-corrected chi connectivity index (χ1v) is 26.5. The van der Waals surface area contributed by atoms with Gasteiger partial charge in [-0.25, -0.2) is 4.98 Å². The molecule has 0 radical (unpaired) electrons. The van der Waals surface area contributed by atoms with E-state index in [1.165, 1.54) is 16.1 Å². The quantitative estimate of drug-likeness (QED) is 0.101. The third-order valence-electron chi connectivity index (χ3n) is 15.3. The number of nitrogens with one attached hydrogen (secondary N) is 9. The Kier molecular flexibility index (Phi) is 17.5. The van der Waals surface area contributed by atoms with Gasteiger partial charge in [0.15, 0.2) is 5.69 Å². The summed E-state index contributed by atoms with van der Waals surface area (Å²) in [4.78, 5) is 123. The Bertz CT molecular complexity index is 2450. The van der Waals surface area contributed by atoms with Crippen LogP contribution in [0.15, 0.2) is 54.9 Å². The Labute approximate surface area is 440 Å². The van der Waals surface area contributed by atoms with Gasteiger partial charge in [-0.2, -0.15) is 0 Å². The Morgan fingerprint density at radius 2 is 1.01 bits per heavy atom. The van der Waals surface area contributed by atoms with Crippen LogP contribution in [0.2, 0.25) is 0 Å². The lowest BCUT2D eigenvalue weighted by atomic mass is 9.85. The first-order chi connectivity index (χ1) is 35.5. The molecule has 10 atom stereocenters. The number of hydrogen-bond donors (Lipinski definition) is 9. The third kappa shape index (κ3) is 12.9. The Hall–Kier alpha value is -6.67. The molecule has 2 saturated heterocycles. The number of aromatic nitrogens is 2. The maximum atomic E-state index is 14.7. The molecule has 3 heterocycles. The number of carbonyl (C=O) groups is 8. The van der Waals surface area contributed by atoms with Crippen molar-refractivity contribution in [1.29, 1.82) is 0 Å². The topological polar surface area (TPSA) is 268 Å². The summed E-state index contributed by atoms with van der Waals surface area (Å²) >= 11 is 0. The van der Waals surface area contributed by atoms with Gasteiger partial charge in [0.2, 0.25) is 35.4 Å². The Morgan fingerprint density at radius 3 is 1.43 bits per heavy atom. The molecule has 75 heavy (non-hydrogen) atoms. The number of likely N-dealkylation sites (N-methyl/N-ethyl adjacent to an activating group) is 2. The van der Waals surface area contributed by atoms with Crippen molar-refractivity contribution in [3.8, 4) is 0 Å². The third-order valence-corrected chi connectivity index (χ3v) is 15.3. The summed E-state index contributed by atoms with van der Waals surface area (Å²) in [5.74, 6) is -3.99. The van der Waals surface area contributed by atoms with Gasteiger partial charge in [-0.05, 0) is 112 Å². The van der Waals surface area contributed by atoms with E-state index in [1.54, 1.807) is 27.9 Å². The number of imidazole rings is 1. The van der Waals surface area contributed by atoms with Crippen LogP contribution >= 0.6 is 0 Å². The highest BCUT2D eigenvalue weighted by molar-refractivity contribution is 6.05. The number of H-pyrrole nitrogens is 1. The minimum Gasteiger partial charge on any atom is -0.347 e. The standard InChI is InChI=1S/C55H78N12O8/c1-30(56-9)46(68)64-44(54(3,4)5)52(74)66-27-34(25-40(66)48(70)62-38-23-15-19-32-17-11-13-21-36(32)38)60-50(72)42-43(59-29-58-42)51(73)61-35-26-41(49(71)63-39-24-16-20-33-18-12-14-22-37(33)39)67(28-35)53(75)45(55(6,7)8)65-47(69)31(2)57-10/h11-14,17-18,21-22,29-31,34-35,38-41,44-45,56-57H,15-16,19-20,23-28H2,1-10H3,(H,58,59)(H,60,72)(H,61,73)(H,62,70)(H,63,71)(H,64,68)(H,65,69)/t30-,31-,34-,35-,38+,39+,40-,41?,44-,45-/m0/s1. The van der Waals surface area contributed by atoms with Crippen molar-refractivity contribution >= 4 is 47.3 Å². The van der Waals surface area contributed by atoms with Crippen LogP contribution in [-0.4, -0.2) is 143 Å². The van der Waals surface area contributed by atoms with Crippen molar-refractivity contribution in [1.82, 2.24) is 62.3 Å². The van der Waals surface area contributed by atoms with E-state index in [1.807, 2.05) is 90.1 Å². The van der Waals surface area contributed by atoms with Gasteiger partial charge in [0.05, 0.1) is 30.5 Å². The summed E-state index contributed by atoms with van der Waals surface area (Å²) in [5, 5.41) is 23.9. The second-order valence-corrected chi connectivity index (χ2v) is 22.9. The Balaban J connectivity index is 1.10. The number of fused-ring (bicyclic) bond motifs is 2. The predicted molar refractivity (Wildman–Crippen MR) is 282 cm³/mol. The number of benzene rings is 2. The molecular weight excluding hydrogens is 957 g/mol. The highest BCUT2D eigenvalue weighted by Crippen LogP contribution is 2.34. The molecule has 3 aromatic rings. The summed E-state index contributed by atoms with van der Waals surface area (Å²) in [6, 6.07) is 8.48. The van der Waals surface area contributed by atoms with Crippen LogP contribution in [0.5, 0.6) is 0 Å². The van der Waals surface area contributed by atoms with E-state index in [-0.39, 0.29) is 49.4 Å². The highest BCUT2D eigenvalue weighted by atomic mass is 16.2. The molecule has 406 valence electrons. The van der Waals surface area contributed by atoms with Crippen molar-refractivity contribution in [2.45, 2.75) is 167 Å². The lowest BCUT2D eigenvalue weighted by molar-refractivity contribution is -0.144. The first kappa shape index (κ1) is 56.1. The van der Waals surface area contributed by atoms with Crippen LogP contribution in [0.1, 0.15) is 149 Å². The van der Waals surface area contributed by atoms with Gasteiger partial charge < -0.3 is 57.3 Å². The van der Waals surface area contributed by atoms with E-state index in [9.17, 15) is 38.4 Å². The first-order valence-electron chi connectivity index (χ1n) is 26.5. The van der Waals surface area contributed by atoms with Gasteiger partial charge in [-0.15, -0.1) is 0 Å². The normalized spacial score (nSPS) is 23.1. The molecular formula is C55H78N12O8.